The van der Waals surface area contributed by atoms with Crippen molar-refractivity contribution in [1.29, 1.82) is 0 Å². The van der Waals surface area contributed by atoms with Gasteiger partial charge in [0.2, 0.25) is 0 Å². The van der Waals surface area contributed by atoms with Crippen LogP contribution in [-0.4, -0.2) is 0 Å². The van der Waals surface area contributed by atoms with Gasteiger partial charge in [0.1, 0.15) is 23.0 Å². The van der Waals surface area contributed by atoms with Crippen LogP contribution < -0.4 is 60.9 Å². The maximum atomic E-state index is 7.54. The molecule has 0 amide bonds. The van der Waals surface area contributed by atoms with Gasteiger partial charge in [-0.3, -0.25) is 0 Å². The summed E-state index contributed by atoms with van der Waals surface area (Å²) in [5.41, 5.74) is 12.7. The van der Waals surface area contributed by atoms with Crippen molar-refractivity contribution in [3.05, 3.63) is 206 Å². The number of anilines is 12. The van der Waals surface area contributed by atoms with Crippen LogP contribution >= 0.6 is 12.1 Å². The fourth-order valence-electron chi connectivity index (χ4n) is 12.0. The van der Waals surface area contributed by atoms with Crippen molar-refractivity contribution < 1.29 is 9.47 Å². The smallest absolute Gasteiger partial charge is 0.138 e. The van der Waals surface area contributed by atoms with Crippen molar-refractivity contribution in [2.24, 2.45) is 0 Å². The summed E-state index contributed by atoms with van der Waals surface area (Å²) in [6, 6.07) is 68.2. The fourth-order valence-corrected chi connectivity index (χ4v) is 22.4. The summed E-state index contributed by atoms with van der Waals surface area (Å²) in [5, 5.41) is 8.88. The lowest BCUT2D eigenvalue weighted by atomic mass is 9.97. The van der Waals surface area contributed by atoms with E-state index in [1.165, 1.54) is 0 Å². The van der Waals surface area contributed by atoms with Gasteiger partial charge in [-0.25, -0.2) is 0 Å². The first-order chi connectivity index (χ1) is 33.5. The molecule has 0 bridgehead atoms. The molecule has 6 aliphatic rings. The van der Waals surface area contributed by atoms with Crippen LogP contribution in [0, 0.1) is 0 Å². The van der Waals surface area contributed by atoms with E-state index in [9.17, 15) is 0 Å². The minimum atomic E-state index is -2.85. The molecular formula is C58H34N4O2P2S2. The molecule has 0 spiro atoms. The monoisotopic (exact) mass is 944 g/mol. The number of nitrogens with zero attached hydrogens (tertiary/aromatic N) is 4. The van der Waals surface area contributed by atoms with Crippen LogP contribution in [0.1, 0.15) is 0 Å². The number of rotatable bonds is 4. The molecule has 6 aliphatic heterocycles. The molecule has 2 unspecified atom stereocenters. The summed E-state index contributed by atoms with van der Waals surface area (Å²) < 4.78 is 14.0. The molecule has 0 aromatic heterocycles. The van der Waals surface area contributed by atoms with E-state index in [1.54, 1.807) is 0 Å². The van der Waals surface area contributed by atoms with E-state index in [0.717, 1.165) is 134 Å². The predicted molar refractivity (Wildman–Crippen MR) is 289 cm³/mol. The number of hydrogen-bond acceptors (Lipinski definition) is 8. The molecule has 10 aromatic rings. The normalized spacial score (nSPS) is 18.6. The minimum Gasteiger partial charge on any atom is -0.456 e. The third-order valence-corrected chi connectivity index (χ3v) is 24.2. The van der Waals surface area contributed by atoms with Crippen LogP contribution in [0.25, 0.3) is 10.8 Å². The second kappa shape index (κ2) is 13.2. The van der Waals surface area contributed by atoms with Crippen molar-refractivity contribution >= 4 is 147 Å². The van der Waals surface area contributed by atoms with Crippen molar-refractivity contribution in [3.63, 3.8) is 0 Å². The van der Waals surface area contributed by atoms with E-state index in [0.29, 0.717) is 0 Å². The topological polar surface area (TPSA) is 31.4 Å². The van der Waals surface area contributed by atoms with E-state index in [-0.39, 0.29) is 0 Å². The van der Waals surface area contributed by atoms with Crippen LogP contribution in [0.2, 0.25) is 0 Å². The van der Waals surface area contributed by atoms with E-state index in [2.05, 4.69) is 226 Å². The van der Waals surface area contributed by atoms with Crippen LogP contribution in [0.3, 0.4) is 0 Å². The third kappa shape index (κ3) is 4.46. The van der Waals surface area contributed by atoms with Gasteiger partial charge in [-0.05, 0) is 109 Å². The van der Waals surface area contributed by atoms with Crippen molar-refractivity contribution in [3.8, 4) is 23.0 Å². The van der Waals surface area contributed by atoms with E-state index >= 15 is 0 Å². The largest absolute Gasteiger partial charge is 0.456 e. The average molecular weight is 945 g/mol. The van der Waals surface area contributed by atoms with Crippen molar-refractivity contribution in [1.82, 2.24) is 0 Å². The van der Waals surface area contributed by atoms with Gasteiger partial charge in [0, 0.05) is 44.1 Å². The molecule has 10 aromatic carbocycles. The molecule has 320 valence electrons. The Bertz CT molecular complexity index is 3720. The molecule has 0 saturated carbocycles. The molecule has 10 heteroatoms. The summed E-state index contributed by atoms with van der Waals surface area (Å²) in [4.78, 5) is 9.84. The third-order valence-electron chi connectivity index (χ3n) is 14.5. The molecule has 2 atom stereocenters. The maximum absolute atomic E-state index is 7.54. The first-order valence-corrected chi connectivity index (χ1v) is 28.3. The quantitative estimate of drug-likeness (QED) is 0.161. The number of para-hydroxylation sites is 4. The van der Waals surface area contributed by atoms with Gasteiger partial charge in [-0.1, -0.05) is 121 Å². The number of fused-ring (bicyclic) bond motifs is 3. The summed E-state index contributed by atoms with van der Waals surface area (Å²) in [5.74, 6) is 3.29. The standard InChI is InChI=1S/C58H34N4O2P2S2/c67-65-53-41-25-13-29-47(53)63-49-31-15-27-43(55(49)65)61(37-21-9-3-10-22-37)51-40-34-46-58-52(39(40)33-45(57(51)65)59(41)35-17-5-1-6-18-35)62(38-23-11-4-12-24-38)44-28-16-32-50-56(44)66(58,68)54-42(26-14-30-48(54)64-50)60(46)36-19-7-2-8-20-36/h1-34H. The molecule has 0 N–H and O–H groups in total. The lowest BCUT2D eigenvalue weighted by Crippen LogP contribution is -2.46. The van der Waals surface area contributed by atoms with Gasteiger partial charge < -0.3 is 29.1 Å². The summed E-state index contributed by atoms with van der Waals surface area (Å²) in [7, 11) is 0. The van der Waals surface area contributed by atoms with Crippen LogP contribution in [0.4, 0.5) is 68.2 Å². The fraction of sp³-hybridized carbons (Fsp3) is 0. The highest BCUT2D eigenvalue weighted by Crippen LogP contribution is 2.71. The van der Waals surface area contributed by atoms with Crippen molar-refractivity contribution in [2.75, 3.05) is 19.6 Å². The Kier molecular flexibility index (Phi) is 7.28. The van der Waals surface area contributed by atoms with Crippen LogP contribution in [-0.2, 0) is 23.6 Å². The highest BCUT2D eigenvalue weighted by atomic mass is 32.4. The Balaban J connectivity index is 1.17. The molecule has 6 heterocycles. The van der Waals surface area contributed by atoms with E-state index < -0.39 is 12.1 Å². The minimum absolute atomic E-state index is 0.824. The SMILES string of the molecule is S=P12c3c4cccc3N(c3ccccc3)c3cc5c6c7c(cc5c(c31)N(c1ccccc1)c1cccc(c12)O4)N(c1ccccc1)c1cccc2c1P7(=S)c1c(cccc1N6c1ccccc1)O2. The van der Waals surface area contributed by atoms with E-state index in [1.807, 2.05) is 0 Å². The highest BCUT2D eigenvalue weighted by Gasteiger charge is 2.54. The number of hydrogen-bond donors (Lipinski definition) is 0. The molecule has 16 rings (SSSR count). The predicted octanol–water partition coefficient (Wildman–Crippen LogP) is 13.7. The first-order valence-electron chi connectivity index (χ1n) is 22.7. The van der Waals surface area contributed by atoms with Gasteiger partial charge in [-0.2, -0.15) is 0 Å². The maximum Gasteiger partial charge on any atom is 0.138 e. The van der Waals surface area contributed by atoms with Gasteiger partial charge in [0.05, 0.1) is 78.8 Å². The Morgan fingerprint density at radius 2 is 0.559 bits per heavy atom. The second-order valence-electron chi connectivity index (χ2n) is 17.9. The lowest BCUT2D eigenvalue weighted by molar-refractivity contribution is 0.488. The first kappa shape index (κ1) is 37.6. The molecule has 0 saturated heterocycles. The van der Waals surface area contributed by atoms with Crippen LogP contribution in [0.15, 0.2) is 206 Å². The summed E-state index contributed by atoms with van der Waals surface area (Å²) >= 11 is 15.1. The zero-order valence-electron chi connectivity index (χ0n) is 35.9. The van der Waals surface area contributed by atoms with Gasteiger partial charge >= 0.3 is 0 Å². The summed E-state index contributed by atoms with van der Waals surface area (Å²) in [6.45, 7) is 0. The molecular weight excluding hydrogens is 911 g/mol. The molecule has 68 heavy (non-hydrogen) atoms. The van der Waals surface area contributed by atoms with Crippen LogP contribution in [0.5, 0.6) is 23.0 Å². The zero-order chi connectivity index (χ0) is 44.6. The molecule has 0 aliphatic carbocycles. The second-order valence-corrected chi connectivity index (χ2v) is 26.3. The Morgan fingerprint density at radius 3 is 0.868 bits per heavy atom. The number of ether oxygens (including phenoxy) is 2. The Labute approximate surface area is 402 Å². The Morgan fingerprint density at radius 1 is 0.279 bits per heavy atom. The van der Waals surface area contributed by atoms with Crippen molar-refractivity contribution in [2.45, 2.75) is 0 Å². The van der Waals surface area contributed by atoms with Gasteiger partial charge in [0.15, 0.2) is 0 Å². The Hall–Kier alpha value is -7.44. The highest BCUT2D eigenvalue weighted by molar-refractivity contribution is 8.27. The molecule has 6 nitrogen and oxygen atoms in total. The number of benzene rings is 10. The molecule has 0 radical (unpaired) electrons. The lowest BCUT2D eigenvalue weighted by Gasteiger charge is -2.51. The molecule has 0 fully saturated rings. The summed E-state index contributed by atoms with van der Waals surface area (Å²) in [6.07, 6.45) is 0. The average Bonchev–Trinajstić information content (AvgIpc) is 3.37. The zero-order valence-corrected chi connectivity index (χ0v) is 39.4. The van der Waals surface area contributed by atoms with E-state index in [4.69, 9.17) is 33.1 Å². The van der Waals surface area contributed by atoms with Gasteiger partial charge in [0.25, 0.3) is 0 Å². The van der Waals surface area contributed by atoms with Gasteiger partial charge in [-0.15, -0.1) is 0 Å².